The van der Waals surface area contributed by atoms with Crippen molar-refractivity contribution in [3.8, 4) is 0 Å². The van der Waals surface area contributed by atoms with Crippen molar-refractivity contribution >= 4 is 0 Å². The minimum absolute atomic E-state index is 0.00858. The first kappa shape index (κ1) is 23.9. The molecule has 0 N–H and O–H groups in total. The molecule has 1 saturated heterocycles. The van der Waals surface area contributed by atoms with Gasteiger partial charge in [-0.15, -0.1) is 0 Å². The van der Waals surface area contributed by atoms with Crippen molar-refractivity contribution in [2.75, 3.05) is 13.2 Å². The molecule has 0 radical (unpaired) electrons. The Kier molecular flexibility index (Phi) is 8.76. The normalized spacial score (nSPS) is 34.1. The number of benzene rings is 1. The predicted octanol–water partition coefficient (Wildman–Crippen LogP) is 7.47. The Morgan fingerprint density at radius 3 is 2.09 bits per heavy atom. The van der Waals surface area contributed by atoms with E-state index in [9.17, 15) is 8.78 Å². The second-order valence-corrected chi connectivity index (χ2v) is 10.4. The van der Waals surface area contributed by atoms with Crippen LogP contribution in [0.4, 0.5) is 8.78 Å². The summed E-state index contributed by atoms with van der Waals surface area (Å²) in [6, 6.07) is 4.34. The molecule has 178 valence electrons. The van der Waals surface area contributed by atoms with Crippen molar-refractivity contribution in [2.45, 2.75) is 83.8 Å². The fourth-order valence-electron chi connectivity index (χ4n) is 6.15. The summed E-state index contributed by atoms with van der Waals surface area (Å²) in [5.41, 5.74) is 0.921. The van der Waals surface area contributed by atoms with E-state index in [4.69, 9.17) is 9.47 Å². The van der Waals surface area contributed by atoms with Gasteiger partial charge in [0.1, 0.15) is 0 Å². The van der Waals surface area contributed by atoms with Gasteiger partial charge in [-0.05, 0) is 93.2 Å². The van der Waals surface area contributed by atoms with E-state index in [1.807, 2.05) is 0 Å². The summed E-state index contributed by atoms with van der Waals surface area (Å²) in [7, 11) is 0. The molecule has 0 amide bonds. The molecular formula is C28H40F2O2. The van der Waals surface area contributed by atoms with E-state index in [1.54, 1.807) is 6.07 Å². The molecule has 0 unspecified atom stereocenters. The first-order valence-electron chi connectivity index (χ1n) is 13.0. The molecule has 2 nitrogen and oxygen atoms in total. The van der Waals surface area contributed by atoms with Crippen LogP contribution in [0.5, 0.6) is 0 Å². The maximum absolute atomic E-state index is 13.4. The monoisotopic (exact) mass is 446 g/mol. The summed E-state index contributed by atoms with van der Waals surface area (Å²) in [5, 5.41) is 0. The topological polar surface area (TPSA) is 18.5 Å². The largest absolute Gasteiger partial charge is 0.352 e. The molecule has 3 aliphatic rings. The van der Waals surface area contributed by atoms with Gasteiger partial charge in [-0.1, -0.05) is 38.0 Å². The molecule has 2 aliphatic carbocycles. The number of halogens is 2. The van der Waals surface area contributed by atoms with Crippen molar-refractivity contribution in [2.24, 2.45) is 29.6 Å². The summed E-state index contributed by atoms with van der Waals surface area (Å²) in [6.07, 6.45) is 17.8. The van der Waals surface area contributed by atoms with Gasteiger partial charge in [0.05, 0.1) is 13.2 Å². The highest BCUT2D eigenvalue weighted by molar-refractivity contribution is 5.17. The number of hydrogen-bond acceptors (Lipinski definition) is 2. The van der Waals surface area contributed by atoms with Gasteiger partial charge in [0.15, 0.2) is 17.9 Å². The van der Waals surface area contributed by atoms with Gasteiger partial charge in [0, 0.05) is 11.8 Å². The third kappa shape index (κ3) is 6.41. The Morgan fingerprint density at radius 2 is 1.47 bits per heavy atom. The van der Waals surface area contributed by atoms with E-state index in [2.05, 4.69) is 19.1 Å². The zero-order valence-corrected chi connectivity index (χ0v) is 19.6. The van der Waals surface area contributed by atoms with E-state index >= 15 is 0 Å². The molecule has 0 spiro atoms. The Morgan fingerprint density at radius 1 is 0.844 bits per heavy atom. The minimum atomic E-state index is -0.751. The summed E-state index contributed by atoms with van der Waals surface area (Å²) in [6.45, 7) is 3.76. The van der Waals surface area contributed by atoms with E-state index in [1.165, 1.54) is 63.5 Å². The lowest BCUT2D eigenvalue weighted by Gasteiger charge is -2.40. The molecule has 4 rings (SSSR count). The second-order valence-electron chi connectivity index (χ2n) is 10.4. The molecule has 32 heavy (non-hydrogen) atoms. The number of allylic oxidation sites excluding steroid dienone is 1. The first-order chi connectivity index (χ1) is 15.6. The standard InChI is InChI=1S/C28H40F2O2/c1-2-3-4-22-18-31-28(32-19-22)25-14-12-24(13-15-25)23-10-7-20(8-11-23)5-6-21-9-16-26(29)27(30)17-21/h3-4,9,16-17,20,22-25,28H,2,5-8,10-15,18-19H2,1H3/b4-3+. The summed E-state index contributed by atoms with van der Waals surface area (Å²) < 4.78 is 38.7. The van der Waals surface area contributed by atoms with Crippen LogP contribution in [0, 0.1) is 41.2 Å². The lowest BCUT2D eigenvalue weighted by atomic mass is 9.68. The molecule has 1 aliphatic heterocycles. The maximum Gasteiger partial charge on any atom is 0.160 e. The lowest BCUT2D eigenvalue weighted by Crippen LogP contribution is -2.38. The Bertz CT molecular complexity index is 725. The van der Waals surface area contributed by atoms with Crippen molar-refractivity contribution in [3.63, 3.8) is 0 Å². The van der Waals surface area contributed by atoms with Gasteiger partial charge in [0.25, 0.3) is 0 Å². The van der Waals surface area contributed by atoms with E-state index in [-0.39, 0.29) is 6.29 Å². The molecule has 1 heterocycles. The fraction of sp³-hybridized carbons (Fsp3) is 0.714. The molecule has 1 aromatic carbocycles. The smallest absolute Gasteiger partial charge is 0.160 e. The Balaban J connectivity index is 1.14. The van der Waals surface area contributed by atoms with Crippen LogP contribution in [-0.2, 0) is 15.9 Å². The molecule has 0 bridgehead atoms. The van der Waals surface area contributed by atoms with E-state index < -0.39 is 11.6 Å². The van der Waals surface area contributed by atoms with Gasteiger partial charge < -0.3 is 9.47 Å². The van der Waals surface area contributed by atoms with Crippen LogP contribution in [0.25, 0.3) is 0 Å². The molecule has 2 saturated carbocycles. The van der Waals surface area contributed by atoms with Crippen LogP contribution in [0.15, 0.2) is 30.4 Å². The zero-order chi connectivity index (χ0) is 22.3. The third-order valence-electron chi connectivity index (χ3n) is 8.18. The number of rotatable bonds is 7. The third-order valence-corrected chi connectivity index (χ3v) is 8.18. The molecule has 1 aromatic rings. The molecule has 0 aromatic heterocycles. The van der Waals surface area contributed by atoms with E-state index in [0.29, 0.717) is 11.8 Å². The van der Waals surface area contributed by atoms with Crippen molar-refractivity contribution in [3.05, 3.63) is 47.5 Å². The summed E-state index contributed by atoms with van der Waals surface area (Å²) in [4.78, 5) is 0. The highest BCUT2D eigenvalue weighted by atomic mass is 19.2. The predicted molar refractivity (Wildman–Crippen MR) is 124 cm³/mol. The van der Waals surface area contributed by atoms with Crippen LogP contribution in [0.3, 0.4) is 0 Å². The maximum atomic E-state index is 13.4. The molecular weight excluding hydrogens is 406 g/mol. The van der Waals surface area contributed by atoms with Crippen LogP contribution in [0.2, 0.25) is 0 Å². The van der Waals surface area contributed by atoms with Crippen LogP contribution >= 0.6 is 0 Å². The first-order valence-corrected chi connectivity index (χ1v) is 13.0. The number of hydrogen-bond donors (Lipinski definition) is 0. The zero-order valence-electron chi connectivity index (χ0n) is 19.6. The Hall–Kier alpha value is -1.26. The summed E-state index contributed by atoms with van der Waals surface area (Å²) >= 11 is 0. The second kappa shape index (κ2) is 11.7. The van der Waals surface area contributed by atoms with Gasteiger partial charge in [-0.25, -0.2) is 8.78 Å². The average Bonchev–Trinajstić information content (AvgIpc) is 2.84. The van der Waals surface area contributed by atoms with Crippen molar-refractivity contribution in [1.29, 1.82) is 0 Å². The SMILES string of the molecule is CC/C=C/C1COC(C2CCC(C3CCC(CCc4ccc(F)c(F)c4)CC3)CC2)OC1. The van der Waals surface area contributed by atoms with E-state index in [0.717, 1.165) is 55.8 Å². The van der Waals surface area contributed by atoms with Crippen molar-refractivity contribution < 1.29 is 18.3 Å². The summed E-state index contributed by atoms with van der Waals surface area (Å²) in [5.74, 6) is 1.97. The molecule has 4 heteroatoms. The Labute approximate surface area is 192 Å². The van der Waals surface area contributed by atoms with Crippen molar-refractivity contribution in [1.82, 2.24) is 0 Å². The van der Waals surface area contributed by atoms with Gasteiger partial charge >= 0.3 is 0 Å². The fourth-order valence-corrected chi connectivity index (χ4v) is 6.15. The average molecular weight is 447 g/mol. The van der Waals surface area contributed by atoms with Gasteiger partial charge in [-0.2, -0.15) is 0 Å². The lowest BCUT2D eigenvalue weighted by molar-refractivity contribution is -0.223. The molecule has 3 fully saturated rings. The number of ether oxygens (including phenoxy) is 2. The quantitative estimate of drug-likeness (QED) is 0.405. The molecule has 0 atom stereocenters. The van der Waals surface area contributed by atoms with Gasteiger partial charge in [0.2, 0.25) is 0 Å². The van der Waals surface area contributed by atoms with Crippen LogP contribution in [-0.4, -0.2) is 19.5 Å². The minimum Gasteiger partial charge on any atom is -0.352 e. The van der Waals surface area contributed by atoms with Crippen LogP contribution < -0.4 is 0 Å². The van der Waals surface area contributed by atoms with Gasteiger partial charge in [-0.3, -0.25) is 0 Å². The number of aryl methyl sites for hydroxylation is 1. The highest BCUT2D eigenvalue weighted by Crippen LogP contribution is 2.43. The highest BCUT2D eigenvalue weighted by Gasteiger charge is 2.35. The van der Waals surface area contributed by atoms with Crippen LogP contribution in [0.1, 0.15) is 76.7 Å².